The molecule has 5 heteroatoms. The van der Waals surface area contributed by atoms with Gasteiger partial charge in [-0.05, 0) is 18.2 Å². The lowest BCUT2D eigenvalue weighted by atomic mass is 10.0. The summed E-state index contributed by atoms with van der Waals surface area (Å²) in [5.74, 6) is -0.815. The summed E-state index contributed by atoms with van der Waals surface area (Å²) < 4.78 is 18.3. The Hall–Kier alpha value is -2.69. The summed E-state index contributed by atoms with van der Waals surface area (Å²) in [6, 6.07) is 10.5. The van der Waals surface area contributed by atoms with Gasteiger partial charge in [-0.1, -0.05) is 18.2 Å². The van der Waals surface area contributed by atoms with E-state index in [9.17, 15) is 14.3 Å². The summed E-state index contributed by atoms with van der Waals surface area (Å²) in [5, 5.41) is 9.62. The summed E-state index contributed by atoms with van der Waals surface area (Å²) in [4.78, 5) is 15.8. The van der Waals surface area contributed by atoms with E-state index in [0.29, 0.717) is 5.75 Å². The number of phenolic OH excluding ortho intramolecular Hbond substituents is 1. The number of hydrogen-bond acceptors (Lipinski definition) is 4. The third-order valence-corrected chi connectivity index (χ3v) is 2.96. The van der Waals surface area contributed by atoms with E-state index in [1.54, 1.807) is 12.1 Å². The van der Waals surface area contributed by atoms with Crippen molar-refractivity contribution in [3.63, 3.8) is 0 Å². The molecule has 0 radical (unpaired) electrons. The number of fused-ring (bicyclic) bond motifs is 1. The van der Waals surface area contributed by atoms with E-state index in [4.69, 9.17) is 4.74 Å². The van der Waals surface area contributed by atoms with E-state index in [2.05, 4.69) is 4.99 Å². The third-order valence-electron chi connectivity index (χ3n) is 2.96. The fourth-order valence-corrected chi connectivity index (χ4v) is 1.98. The fourth-order valence-electron chi connectivity index (χ4n) is 1.98. The zero-order valence-electron chi connectivity index (χ0n) is 10.3. The molecule has 100 valence electrons. The molecule has 0 amide bonds. The number of rotatable bonds is 1. The number of carbonyl (C=O) groups excluding carboxylic acids is 1. The molecule has 0 aliphatic carbocycles. The SMILES string of the molecule is O=C1Oc2ccccc2CC1=Nc1cc(F)ccc1O. The molecule has 1 aliphatic heterocycles. The summed E-state index contributed by atoms with van der Waals surface area (Å²) in [5.41, 5.74) is 0.961. The topological polar surface area (TPSA) is 58.9 Å². The first-order valence-corrected chi connectivity index (χ1v) is 5.99. The number of phenols is 1. The van der Waals surface area contributed by atoms with Crippen LogP contribution < -0.4 is 4.74 Å². The van der Waals surface area contributed by atoms with Gasteiger partial charge >= 0.3 is 5.97 Å². The molecule has 0 saturated carbocycles. The maximum absolute atomic E-state index is 13.1. The Balaban J connectivity index is 2.01. The number of hydrogen-bond donors (Lipinski definition) is 1. The Labute approximate surface area is 114 Å². The van der Waals surface area contributed by atoms with Crippen molar-refractivity contribution in [3.8, 4) is 11.5 Å². The highest BCUT2D eigenvalue weighted by molar-refractivity contribution is 6.39. The third kappa shape index (κ3) is 2.25. The monoisotopic (exact) mass is 271 g/mol. The molecule has 3 rings (SSSR count). The molecule has 0 saturated heterocycles. The van der Waals surface area contributed by atoms with Crippen LogP contribution in [0.25, 0.3) is 0 Å². The number of benzene rings is 2. The summed E-state index contributed by atoms with van der Waals surface area (Å²) >= 11 is 0. The van der Waals surface area contributed by atoms with Gasteiger partial charge in [0.15, 0.2) is 0 Å². The fraction of sp³-hybridized carbons (Fsp3) is 0.0667. The standard InChI is InChI=1S/C15H10FNO3/c16-10-5-6-13(18)11(8-10)17-12-7-9-3-1-2-4-14(9)20-15(12)19/h1-6,8,18H,7H2. The van der Waals surface area contributed by atoms with Crippen molar-refractivity contribution in [1.29, 1.82) is 0 Å². The zero-order valence-corrected chi connectivity index (χ0v) is 10.3. The van der Waals surface area contributed by atoms with Crippen LogP contribution in [0.4, 0.5) is 10.1 Å². The van der Waals surface area contributed by atoms with Gasteiger partial charge in [-0.25, -0.2) is 14.2 Å². The van der Waals surface area contributed by atoms with Gasteiger partial charge in [-0.15, -0.1) is 0 Å². The van der Waals surface area contributed by atoms with E-state index in [1.807, 2.05) is 12.1 Å². The first-order valence-electron chi connectivity index (χ1n) is 5.99. The zero-order chi connectivity index (χ0) is 14.1. The molecule has 0 spiro atoms. The van der Waals surface area contributed by atoms with Crippen LogP contribution >= 0.6 is 0 Å². The Kier molecular flexibility index (Phi) is 2.95. The minimum Gasteiger partial charge on any atom is -0.506 e. The number of esters is 1. The predicted octanol–water partition coefficient (Wildman–Crippen LogP) is 2.77. The van der Waals surface area contributed by atoms with Crippen LogP contribution in [-0.2, 0) is 11.2 Å². The second-order valence-electron chi connectivity index (χ2n) is 4.37. The van der Waals surface area contributed by atoms with Crippen molar-refractivity contribution in [3.05, 3.63) is 53.8 Å². The highest BCUT2D eigenvalue weighted by Gasteiger charge is 2.24. The van der Waals surface area contributed by atoms with Gasteiger partial charge in [0, 0.05) is 18.1 Å². The average Bonchev–Trinajstić information content (AvgIpc) is 2.43. The van der Waals surface area contributed by atoms with Crippen LogP contribution in [-0.4, -0.2) is 16.8 Å². The Morgan fingerprint density at radius 1 is 1.20 bits per heavy atom. The molecule has 2 aromatic carbocycles. The Bertz CT molecular complexity index is 725. The predicted molar refractivity (Wildman–Crippen MR) is 70.9 cm³/mol. The molecule has 0 aromatic heterocycles. The van der Waals surface area contributed by atoms with Crippen LogP contribution in [0.2, 0.25) is 0 Å². The number of aromatic hydroxyl groups is 1. The van der Waals surface area contributed by atoms with Gasteiger partial charge in [0.1, 0.15) is 28.7 Å². The number of halogens is 1. The Morgan fingerprint density at radius 3 is 2.85 bits per heavy atom. The lowest BCUT2D eigenvalue weighted by molar-refractivity contribution is -0.127. The lowest BCUT2D eigenvalue weighted by Crippen LogP contribution is -2.27. The summed E-state index contributed by atoms with van der Waals surface area (Å²) in [6.45, 7) is 0. The normalized spacial score (nSPS) is 15.8. The molecule has 20 heavy (non-hydrogen) atoms. The number of nitrogens with zero attached hydrogens (tertiary/aromatic N) is 1. The van der Waals surface area contributed by atoms with Gasteiger partial charge < -0.3 is 9.84 Å². The average molecular weight is 271 g/mol. The van der Waals surface area contributed by atoms with Crippen LogP contribution in [0.5, 0.6) is 11.5 Å². The second kappa shape index (κ2) is 4.77. The molecule has 0 unspecified atom stereocenters. The molecule has 0 bridgehead atoms. The molecular formula is C15H10FNO3. The van der Waals surface area contributed by atoms with E-state index < -0.39 is 11.8 Å². The first kappa shape index (κ1) is 12.3. The van der Waals surface area contributed by atoms with E-state index in [0.717, 1.165) is 17.7 Å². The molecule has 0 fully saturated rings. The van der Waals surface area contributed by atoms with E-state index >= 15 is 0 Å². The van der Waals surface area contributed by atoms with Crippen molar-refractivity contribution < 1.29 is 19.0 Å². The Morgan fingerprint density at radius 2 is 2.00 bits per heavy atom. The van der Waals surface area contributed by atoms with Crippen LogP contribution in [0.15, 0.2) is 47.5 Å². The molecule has 4 nitrogen and oxygen atoms in total. The van der Waals surface area contributed by atoms with Crippen molar-refractivity contribution in [2.75, 3.05) is 0 Å². The summed E-state index contributed by atoms with van der Waals surface area (Å²) in [7, 11) is 0. The molecule has 0 atom stereocenters. The smallest absolute Gasteiger partial charge is 0.358 e. The van der Waals surface area contributed by atoms with E-state index in [1.165, 1.54) is 6.07 Å². The number of para-hydroxylation sites is 1. The second-order valence-corrected chi connectivity index (χ2v) is 4.37. The summed E-state index contributed by atoms with van der Waals surface area (Å²) in [6.07, 6.45) is 0.283. The highest BCUT2D eigenvalue weighted by atomic mass is 19.1. The molecule has 2 aromatic rings. The number of aliphatic imine (C=N–C) groups is 1. The maximum Gasteiger partial charge on any atom is 0.358 e. The maximum atomic E-state index is 13.1. The minimum absolute atomic E-state index is 0.0105. The van der Waals surface area contributed by atoms with Gasteiger partial charge in [0.25, 0.3) is 0 Å². The van der Waals surface area contributed by atoms with Crippen LogP contribution in [0.3, 0.4) is 0 Å². The van der Waals surface area contributed by atoms with Crippen molar-refractivity contribution in [1.82, 2.24) is 0 Å². The van der Waals surface area contributed by atoms with Crippen molar-refractivity contribution >= 4 is 17.4 Å². The van der Waals surface area contributed by atoms with Crippen molar-refractivity contribution in [2.45, 2.75) is 6.42 Å². The molecule has 1 aliphatic rings. The minimum atomic E-state index is -0.590. The van der Waals surface area contributed by atoms with Crippen LogP contribution in [0.1, 0.15) is 5.56 Å². The number of ether oxygens (including phenoxy) is 1. The quantitative estimate of drug-likeness (QED) is 0.641. The van der Waals surface area contributed by atoms with Gasteiger partial charge in [-0.2, -0.15) is 0 Å². The van der Waals surface area contributed by atoms with Crippen LogP contribution in [0, 0.1) is 5.82 Å². The van der Waals surface area contributed by atoms with Gasteiger partial charge in [0.2, 0.25) is 0 Å². The van der Waals surface area contributed by atoms with E-state index in [-0.39, 0.29) is 23.6 Å². The number of carbonyl (C=O) groups is 1. The molecule has 1 N–H and O–H groups in total. The highest BCUT2D eigenvalue weighted by Crippen LogP contribution is 2.29. The van der Waals surface area contributed by atoms with Gasteiger partial charge in [-0.3, -0.25) is 0 Å². The van der Waals surface area contributed by atoms with Crippen molar-refractivity contribution in [2.24, 2.45) is 4.99 Å². The molecule has 1 heterocycles. The largest absolute Gasteiger partial charge is 0.506 e. The molecular weight excluding hydrogens is 261 g/mol. The first-order chi connectivity index (χ1) is 9.63. The van der Waals surface area contributed by atoms with Gasteiger partial charge in [0.05, 0.1) is 0 Å². The lowest BCUT2D eigenvalue weighted by Gasteiger charge is -2.16.